The summed E-state index contributed by atoms with van der Waals surface area (Å²) >= 11 is 0. The third-order valence-electron chi connectivity index (χ3n) is 2.59. The van der Waals surface area contributed by atoms with Gasteiger partial charge in [0, 0.05) is 12.6 Å². The zero-order valence-corrected chi connectivity index (χ0v) is 7.23. The van der Waals surface area contributed by atoms with Gasteiger partial charge in [0.1, 0.15) is 6.04 Å². The second-order valence-electron chi connectivity index (χ2n) is 3.26. The highest BCUT2D eigenvalue weighted by Crippen LogP contribution is 2.24. The number of aliphatic hydroxyl groups is 1. The normalized spacial score (nSPS) is 30.8. The van der Waals surface area contributed by atoms with Crippen molar-refractivity contribution in [1.82, 2.24) is 4.90 Å². The minimum Gasteiger partial charge on any atom is -0.480 e. The molecule has 4 heteroatoms. The monoisotopic (exact) mass is 173 g/mol. The van der Waals surface area contributed by atoms with Crippen LogP contribution in [0, 0.1) is 0 Å². The van der Waals surface area contributed by atoms with Crippen LogP contribution in [-0.4, -0.2) is 46.8 Å². The molecule has 1 aliphatic rings. The van der Waals surface area contributed by atoms with Gasteiger partial charge in [0.2, 0.25) is 0 Å². The van der Waals surface area contributed by atoms with Gasteiger partial charge >= 0.3 is 5.97 Å². The lowest BCUT2D eigenvalue weighted by molar-refractivity contribution is -0.142. The third kappa shape index (κ3) is 1.76. The first-order valence-electron chi connectivity index (χ1n) is 4.22. The Kier molecular flexibility index (Phi) is 3.05. The van der Waals surface area contributed by atoms with E-state index >= 15 is 0 Å². The Hall–Kier alpha value is -0.610. The van der Waals surface area contributed by atoms with Crippen molar-refractivity contribution in [2.75, 3.05) is 13.7 Å². The maximum Gasteiger partial charge on any atom is 0.320 e. The van der Waals surface area contributed by atoms with E-state index in [1.807, 2.05) is 11.9 Å². The number of nitrogens with zero attached hydrogens (tertiary/aromatic N) is 1. The van der Waals surface area contributed by atoms with Gasteiger partial charge in [-0.25, -0.2) is 0 Å². The van der Waals surface area contributed by atoms with Crippen LogP contribution < -0.4 is 0 Å². The molecule has 0 unspecified atom stereocenters. The predicted molar refractivity (Wildman–Crippen MR) is 43.9 cm³/mol. The van der Waals surface area contributed by atoms with Crippen LogP contribution in [0.5, 0.6) is 0 Å². The van der Waals surface area contributed by atoms with Gasteiger partial charge in [-0.1, -0.05) is 0 Å². The summed E-state index contributed by atoms with van der Waals surface area (Å²) in [5.74, 6) is -0.752. The molecular formula is C8H15NO3. The molecule has 0 bridgehead atoms. The van der Waals surface area contributed by atoms with Crippen LogP contribution in [0.25, 0.3) is 0 Å². The fraction of sp³-hybridized carbons (Fsp3) is 0.875. The molecule has 0 spiro atoms. The highest BCUT2D eigenvalue weighted by Gasteiger charge is 2.34. The molecule has 0 radical (unpaired) electrons. The summed E-state index contributed by atoms with van der Waals surface area (Å²) in [7, 11) is 1.81. The fourth-order valence-corrected chi connectivity index (χ4v) is 1.81. The molecule has 0 aliphatic carbocycles. The first-order chi connectivity index (χ1) is 5.66. The van der Waals surface area contributed by atoms with Crippen LogP contribution in [-0.2, 0) is 4.79 Å². The van der Waals surface area contributed by atoms with Crippen LogP contribution in [0.1, 0.15) is 19.3 Å². The summed E-state index contributed by atoms with van der Waals surface area (Å²) in [5.41, 5.74) is 0. The largest absolute Gasteiger partial charge is 0.480 e. The molecule has 0 amide bonds. The number of carbonyl (C=O) groups is 1. The summed E-state index contributed by atoms with van der Waals surface area (Å²) < 4.78 is 0. The molecule has 1 fully saturated rings. The van der Waals surface area contributed by atoms with E-state index in [9.17, 15) is 4.79 Å². The third-order valence-corrected chi connectivity index (χ3v) is 2.59. The molecule has 2 N–H and O–H groups in total. The Morgan fingerprint density at radius 3 is 2.67 bits per heavy atom. The lowest BCUT2D eigenvalue weighted by Crippen LogP contribution is -2.37. The standard InChI is InChI=1S/C8H15NO3/c1-9-6(4-5-10)2-3-7(9)8(11)12/h6-7,10H,2-5H2,1H3,(H,11,12)/t6-,7-/m0/s1. The van der Waals surface area contributed by atoms with Crippen molar-refractivity contribution in [2.24, 2.45) is 0 Å². The molecule has 1 rings (SSSR count). The molecule has 1 aliphatic heterocycles. The highest BCUT2D eigenvalue weighted by molar-refractivity contribution is 5.73. The summed E-state index contributed by atoms with van der Waals surface area (Å²) in [6.45, 7) is 0.140. The summed E-state index contributed by atoms with van der Waals surface area (Å²) in [4.78, 5) is 12.5. The van der Waals surface area contributed by atoms with Gasteiger partial charge in [-0.3, -0.25) is 9.69 Å². The molecule has 0 aromatic rings. The number of likely N-dealkylation sites (tertiary alicyclic amines) is 1. The molecule has 0 aromatic heterocycles. The van der Waals surface area contributed by atoms with Crippen molar-refractivity contribution in [3.63, 3.8) is 0 Å². The van der Waals surface area contributed by atoms with Crippen LogP contribution in [0.4, 0.5) is 0 Å². The van der Waals surface area contributed by atoms with Crippen LogP contribution >= 0.6 is 0 Å². The maximum atomic E-state index is 10.7. The van der Waals surface area contributed by atoms with E-state index < -0.39 is 5.97 Å². The molecular weight excluding hydrogens is 158 g/mol. The topological polar surface area (TPSA) is 60.8 Å². The first-order valence-corrected chi connectivity index (χ1v) is 4.22. The van der Waals surface area contributed by atoms with Gasteiger partial charge < -0.3 is 10.2 Å². The van der Waals surface area contributed by atoms with Gasteiger partial charge in [0.25, 0.3) is 0 Å². The van der Waals surface area contributed by atoms with Crippen LogP contribution in [0.15, 0.2) is 0 Å². The number of aliphatic hydroxyl groups excluding tert-OH is 1. The molecule has 0 saturated carbocycles. The predicted octanol–water partition coefficient (Wildman–Crippen LogP) is -0.0838. The number of likely N-dealkylation sites (N-methyl/N-ethyl adjacent to an activating group) is 1. The molecule has 70 valence electrons. The number of hydrogen-bond donors (Lipinski definition) is 2. The molecule has 1 heterocycles. The maximum absolute atomic E-state index is 10.7. The number of aliphatic carboxylic acids is 1. The van der Waals surface area contributed by atoms with Gasteiger partial charge in [-0.2, -0.15) is 0 Å². The van der Waals surface area contributed by atoms with Gasteiger partial charge in [0.15, 0.2) is 0 Å². The Labute approximate surface area is 71.8 Å². The zero-order valence-electron chi connectivity index (χ0n) is 7.23. The van der Waals surface area contributed by atoms with E-state index in [4.69, 9.17) is 10.2 Å². The van der Waals surface area contributed by atoms with E-state index in [1.165, 1.54) is 0 Å². The summed E-state index contributed by atoms with van der Waals surface area (Å²) in [6, 6.07) is -0.0994. The Morgan fingerprint density at radius 2 is 2.25 bits per heavy atom. The van der Waals surface area contributed by atoms with Crippen molar-refractivity contribution >= 4 is 5.97 Å². The van der Waals surface area contributed by atoms with E-state index in [-0.39, 0.29) is 18.7 Å². The molecule has 0 aromatic carbocycles. The second kappa shape index (κ2) is 3.87. The lowest BCUT2D eigenvalue weighted by atomic mass is 10.1. The van der Waals surface area contributed by atoms with Crippen molar-refractivity contribution in [3.8, 4) is 0 Å². The summed E-state index contributed by atoms with van der Waals surface area (Å²) in [6.07, 6.45) is 2.27. The average Bonchev–Trinajstić information content (AvgIpc) is 2.34. The minimum atomic E-state index is -0.752. The van der Waals surface area contributed by atoms with Gasteiger partial charge in [0.05, 0.1) is 0 Å². The number of carboxylic acids is 1. The Balaban J connectivity index is 2.48. The Bertz CT molecular complexity index is 172. The number of rotatable bonds is 3. The first kappa shape index (κ1) is 9.48. The average molecular weight is 173 g/mol. The van der Waals surface area contributed by atoms with Crippen molar-refractivity contribution in [1.29, 1.82) is 0 Å². The van der Waals surface area contributed by atoms with Crippen molar-refractivity contribution < 1.29 is 15.0 Å². The molecule has 2 atom stereocenters. The molecule has 4 nitrogen and oxygen atoms in total. The quantitative estimate of drug-likeness (QED) is 0.626. The van der Waals surface area contributed by atoms with Gasteiger partial charge in [-0.15, -0.1) is 0 Å². The van der Waals surface area contributed by atoms with E-state index in [1.54, 1.807) is 0 Å². The van der Waals surface area contributed by atoms with E-state index in [0.717, 1.165) is 6.42 Å². The SMILES string of the molecule is CN1[C@H](CCO)CC[C@H]1C(=O)O. The Morgan fingerprint density at radius 1 is 1.58 bits per heavy atom. The highest BCUT2D eigenvalue weighted by atomic mass is 16.4. The van der Waals surface area contributed by atoms with Gasteiger partial charge in [-0.05, 0) is 26.3 Å². The zero-order chi connectivity index (χ0) is 9.14. The second-order valence-corrected chi connectivity index (χ2v) is 3.26. The van der Waals surface area contributed by atoms with Crippen molar-refractivity contribution in [3.05, 3.63) is 0 Å². The lowest BCUT2D eigenvalue weighted by Gasteiger charge is -2.22. The van der Waals surface area contributed by atoms with Crippen LogP contribution in [0.2, 0.25) is 0 Å². The minimum absolute atomic E-state index is 0.140. The fourth-order valence-electron chi connectivity index (χ4n) is 1.81. The van der Waals surface area contributed by atoms with E-state index in [2.05, 4.69) is 0 Å². The number of carboxylic acid groups (broad SMARTS) is 1. The molecule has 1 saturated heterocycles. The van der Waals surface area contributed by atoms with E-state index in [0.29, 0.717) is 12.8 Å². The van der Waals surface area contributed by atoms with Crippen molar-refractivity contribution in [2.45, 2.75) is 31.3 Å². The molecule has 12 heavy (non-hydrogen) atoms. The number of hydrogen-bond acceptors (Lipinski definition) is 3. The van der Waals surface area contributed by atoms with Crippen LogP contribution in [0.3, 0.4) is 0 Å². The summed E-state index contributed by atoms with van der Waals surface area (Å²) in [5, 5.41) is 17.5. The smallest absolute Gasteiger partial charge is 0.320 e.